The molecule has 0 saturated carbocycles. The zero-order chi connectivity index (χ0) is 56.1. The van der Waals surface area contributed by atoms with Gasteiger partial charge in [0.05, 0.1) is 54.4 Å². The number of nitrogens with one attached hydrogen (secondary N) is 1. The second kappa shape index (κ2) is 21.9. The maximum Gasteiger partial charge on any atom is 0.414 e. The maximum absolute atomic E-state index is 15.0. The Morgan fingerprint density at radius 1 is 0.987 bits per heavy atom. The molecule has 3 aromatic carbocycles. The number of hydrogen-bond acceptors (Lipinski definition) is 19. The molecular weight excluding hydrogens is 1010 g/mol. The number of aliphatic hydroxyl groups excluding tert-OH is 2. The van der Waals surface area contributed by atoms with Crippen molar-refractivity contribution in [3.8, 4) is 23.3 Å². The average molecular weight is 1080 g/mol. The van der Waals surface area contributed by atoms with E-state index in [9.17, 15) is 44.9 Å². The molecule has 78 heavy (non-hydrogen) atoms. The molecule has 0 radical (unpaired) electrons. The Bertz CT molecular complexity index is 3270. The Kier molecular flexibility index (Phi) is 15.6. The molecule has 1 fully saturated rings. The first kappa shape index (κ1) is 55.5. The second-order valence-electron chi connectivity index (χ2n) is 21.4. The Morgan fingerprint density at radius 2 is 1.72 bits per heavy atom. The number of piperidine rings is 1. The molecule has 4 aromatic rings. The van der Waals surface area contributed by atoms with Crippen LogP contribution in [-0.2, 0) is 48.2 Å². The number of benzene rings is 3. The maximum atomic E-state index is 15.0. The van der Waals surface area contributed by atoms with Crippen LogP contribution in [0.2, 0.25) is 0 Å². The van der Waals surface area contributed by atoms with E-state index in [4.69, 9.17) is 33.4 Å². The van der Waals surface area contributed by atoms with Gasteiger partial charge in [-0.15, -0.1) is 0 Å². The van der Waals surface area contributed by atoms with Gasteiger partial charge < -0.3 is 64.3 Å². The quantitative estimate of drug-likeness (QED) is 0.0641. The highest BCUT2D eigenvalue weighted by Crippen LogP contribution is 2.51. The van der Waals surface area contributed by atoms with E-state index in [1.54, 1.807) is 51.3 Å². The number of likely N-dealkylation sites (tertiary alicyclic amines) is 1. The van der Waals surface area contributed by atoms with Gasteiger partial charge in [0, 0.05) is 98.6 Å². The van der Waals surface area contributed by atoms with E-state index in [-0.39, 0.29) is 80.8 Å². The zero-order valence-corrected chi connectivity index (χ0v) is 45.1. The molecule has 10 atom stereocenters. The predicted octanol–water partition coefficient (Wildman–Crippen LogP) is 5.38. The van der Waals surface area contributed by atoms with Crippen molar-refractivity contribution >= 4 is 39.9 Å². The number of allylic oxidation sites excluding steroid dienone is 2. The van der Waals surface area contributed by atoms with Crippen molar-refractivity contribution < 1.29 is 68.2 Å². The summed E-state index contributed by atoms with van der Waals surface area (Å²) < 4.78 is 37.5. The first-order valence-electron chi connectivity index (χ1n) is 26.1. The number of Topliss-reactive ketones (excluding diaryl/α,β-unsaturated/α-hetero) is 1. The lowest BCUT2D eigenvalue weighted by atomic mass is 9.78. The highest BCUT2D eigenvalue weighted by atomic mass is 16.7. The SMILES string of the molecule is CO[C@H]1/C=C/O[C@@]2(C)Oc3c(C)c(O)c4c(O)c(c5c(c4c3C2=O)NC2(CCN(Cc3cccc(COC4COc6nc([N+](=O)[O-])cn6C4)c3)CC2)N=5)=NC(=O)/C(C)=C\C=C\[C@H](C)[C@H](O)[C@@H](C)[C@@H](O)[C@@H](C)[C@H](OC(C)=O)[C@@H]1C. The third kappa shape index (κ3) is 10.6. The molecule has 1 amide bonds. The van der Waals surface area contributed by atoms with Crippen LogP contribution in [0.15, 0.2) is 76.6 Å². The molecule has 1 aromatic heterocycles. The molecule has 416 valence electrons. The van der Waals surface area contributed by atoms with Gasteiger partial charge in [-0.05, 0) is 36.0 Å². The summed E-state index contributed by atoms with van der Waals surface area (Å²) in [5.74, 6) is -7.77. The fraction of sp³-hybridized carbons (Fsp3) is 0.500. The lowest BCUT2D eigenvalue weighted by Crippen LogP contribution is -2.46. The number of carbonyl (C=O) groups is 3. The molecule has 6 heterocycles. The summed E-state index contributed by atoms with van der Waals surface area (Å²) in [6.07, 6.45) is 5.56. The largest absolute Gasteiger partial charge is 0.507 e. The summed E-state index contributed by atoms with van der Waals surface area (Å²) in [4.78, 5) is 68.1. The fourth-order valence-corrected chi connectivity index (χ4v) is 11.2. The number of aliphatic hydroxyl groups is 2. The van der Waals surface area contributed by atoms with E-state index < -0.39 is 93.6 Å². The van der Waals surface area contributed by atoms with Crippen LogP contribution in [0.3, 0.4) is 0 Å². The van der Waals surface area contributed by atoms with Gasteiger partial charge in [0.1, 0.15) is 52.9 Å². The number of fused-ring (bicyclic) bond motifs is 2. The van der Waals surface area contributed by atoms with Crippen molar-refractivity contribution in [3.63, 3.8) is 0 Å². The van der Waals surface area contributed by atoms with Gasteiger partial charge in [0.2, 0.25) is 0 Å². The van der Waals surface area contributed by atoms with E-state index in [2.05, 4.69) is 26.3 Å². The summed E-state index contributed by atoms with van der Waals surface area (Å²) >= 11 is 0. The number of ether oxygens (including phenoxy) is 6. The van der Waals surface area contributed by atoms with Crippen LogP contribution in [-0.4, -0.2) is 126 Å². The Hall–Kier alpha value is -7.24. The third-order valence-electron chi connectivity index (χ3n) is 15.9. The second-order valence-corrected chi connectivity index (χ2v) is 21.4. The van der Waals surface area contributed by atoms with Crippen LogP contribution < -0.4 is 25.5 Å². The first-order chi connectivity index (χ1) is 37.0. The number of rotatable bonds is 8. The van der Waals surface area contributed by atoms with E-state index in [0.717, 1.165) is 11.1 Å². The van der Waals surface area contributed by atoms with Crippen LogP contribution >= 0.6 is 0 Å². The van der Waals surface area contributed by atoms with Crippen molar-refractivity contribution in [1.82, 2.24) is 14.5 Å². The summed E-state index contributed by atoms with van der Waals surface area (Å²) in [5, 5.41) is 62.1. The third-order valence-corrected chi connectivity index (χ3v) is 15.9. The van der Waals surface area contributed by atoms with Crippen LogP contribution in [0, 0.1) is 40.7 Å². The number of aromatic nitrogens is 2. The molecule has 5 N–H and O–H groups in total. The number of esters is 1. The number of amides is 1. The molecule has 4 bridgehead atoms. The monoisotopic (exact) mass is 1080 g/mol. The number of ketones is 1. The number of imidazole rings is 1. The molecular formula is C56H67N7O15. The molecule has 1 unspecified atom stereocenters. The number of nitrogens with zero attached hydrogens (tertiary/aromatic N) is 6. The normalized spacial score (nSPS) is 29.7. The molecule has 22 nitrogen and oxygen atoms in total. The summed E-state index contributed by atoms with van der Waals surface area (Å²) in [6.45, 7) is 15.3. The minimum atomic E-state index is -2.01. The highest BCUT2D eigenvalue weighted by Gasteiger charge is 2.51. The van der Waals surface area contributed by atoms with Crippen molar-refractivity contribution in [1.29, 1.82) is 0 Å². The van der Waals surface area contributed by atoms with Gasteiger partial charge in [0.15, 0.2) is 5.75 Å². The number of methoxy groups -OCH3 is 1. The molecule has 0 aliphatic carbocycles. The number of nitro groups is 1. The lowest BCUT2D eigenvalue weighted by Gasteiger charge is -2.38. The lowest BCUT2D eigenvalue weighted by molar-refractivity contribution is -0.389. The molecule has 5 aliphatic heterocycles. The molecule has 5 aliphatic rings. The van der Waals surface area contributed by atoms with Gasteiger partial charge in [-0.3, -0.25) is 28.8 Å². The van der Waals surface area contributed by atoms with Crippen LogP contribution in [0.4, 0.5) is 11.5 Å². The standard InChI is InChI=1S/C56H67N7O15/c1-28-12-10-13-29(2)53(70)58-45-44-43(59-56(60-44)17-19-61(20-18-56)23-35-14-11-15-36(22-35)26-74-37-24-62-25-39(63(71)72)57-54(62)75-27-37)40-41(49(45)68)48(67)33(6)51-42(40)52(69)55(8,78-51)76-21-16-38(73-9)30(3)50(77-34(7)64)32(5)47(66)31(4)46(28)65/h10-16,21-22,25,28,30-32,37-38,46-47,50,59,65-68H,17-20,23-24,26-27H2,1-9H3/b12-10+,21-16+,29-13-,58-45?/t28-,30+,31+,32+,37?,38-,46-,47+,50+,55-/m0/s1. The number of hydrogen-bond donors (Lipinski definition) is 5. The summed E-state index contributed by atoms with van der Waals surface area (Å²) in [5.41, 5.74) is 1.52. The van der Waals surface area contributed by atoms with Crippen LogP contribution in [0.25, 0.3) is 10.8 Å². The Balaban J connectivity index is 1.04. The van der Waals surface area contributed by atoms with Gasteiger partial charge in [-0.1, -0.05) is 70.2 Å². The summed E-state index contributed by atoms with van der Waals surface area (Å²) in [6, 6.07) is 8.20. The molecule has 1 saturated heterocycles. The van der Waals surface area contributed by atoms with E-state index >= 15 is 0 Å². The van der Waals surface area contributed by atoms with Gasteiger partial charge >= 0.3 is 23.6 Å². The minimum absolute atomic E-state index is 0.00336. The van der Waals surface area contributed by atoms with Crippen LogP contribution in [0.1, 0.15) is 88.4 Å². The topological polar surface area (TPSA) is 288 Å². The Morgan fingerprint density at radius 3 is 2.42 bits per heavy atom. The number of carbonyl (C=O) groups excluding carboxylic acids is 3. The highest BCUT2D eigenvalue weighted by molar-refractivity contribution is 6.21. The van der Waals surface area contributed by atoms with Gasteiger partial charge in [0.25, 0.3) is 11.7 Å². The zero-order valence-electron chi connectivity index (χ0n) is 45.1. The van der Waals surface area contributed by atoms with Gasteiger partial charge in [-0.2, -0.15) is 0 Å². The predicted molar refractivity (Wildman–Crippen MR) is 281 cm³/mol. The van der Waals surface area contributed by atoms with Crippen LogP contribution in [0.5, 0.6) is 23.3 Å². The fourth-order valence-electron chi connectivity index (χ4n) is 11.2. The molecule has 9 rings (SSSR count). The Labute approximate surface area is 449 Å². The van der Waals surface area contributed by atoms with Crippen molar-refractivity contribution in [3.05, 3.63) is 110 Å². The number of aromatic hydroxyl groups is 2. The summed E-state index contributed by atoms with van der Waals surface area (Å²) in [7, 11) is 1.45. The minimum Gasteiger partial charge on any atom is -0.507 e. The number of phenols is 2. The van der Waals surface area contributed by atoms with Crippen molar-refractivity contribution in [2.75, 3.05) is 32.1 Å². The number of anilines is 1. The van der Waals surface area contributed by atoms with Crippen molar-refractivity contribution in [2.24, 2.45) is 33.7 Å². The molecule has 1 spiro atoms. The van der Waals surface area contributed by atoms with Gasteiger partial charge in [-0.25, -0.2) is 4.99 Å². The first-order valence-corrected chi connectivity index (χ1v) is 26.1. The number of phenolic OH excluding ortho intramolecular Hbond substituents is 2. The van der Waals surface area contributed by atoms with E-state index in [0.29, 0.717) is 39.0 Å². The molecule has 22 heteroatoms. The van der Waals surface area contributed by atoms with Crippen molar-refractivity contribution in [2.45, 2.75) is 130 Å². The average Bonchev–Trinajstić information content (AvgIpc) is 4.18. The smallest absolute Gasteiger partial charge is 0.414 e. The van der Waals surface area contributed by atoms with E-state index in [1.165, 1.54) is 52.5 Å². The van der Waals surface area contributed by atoms with E-state index in [1.807, 2.05) is 18.2 Å².